The van der Waals surface area contributed by atoms with Crippen molar-refractivity contribution in [2.75, 3.05) is 26.5 Å². The molecule has 0 atom stereocenters. The molecular weight excluding hydrogens is 412 g/mol. The Morgan fingerprint density at radius 2 is 1.94 bits per heavy atom. The highest BCUT2D eigenvalue weighted by Crippen LogP contribution is 2.39. The lowest BCUT2D eigenvalue weighted by Crippen LogP contribution is -2.10. The minimum absolute atomic E-state index is 0.0742. The van der Waals surface area contributed by atoms with Crippen LogP contribution in [0.1, 0.15) is 5.56 Å². The number of nitrogens with zero attached hydrogens (tertiary/aromatic N) is 3. The quantitative estimate of drug-likeness (QED) is 0.431. The van der Waals surface area contributed by atoms with Gasteiger partial charge in [-0.1, -0.05) is 23.7 Å². The van der Waals surface area contributed by atoms with Crippen LogP contribution in [-0.2, 0) is 6.54 Å². The van der Waals surface area contributed by atoms with E-state index in [0.29, 0.717) is 5.75 Å². The van der Waals surface area contributed by atoms with Gasteiger partial charge in [0.25, 0.3) is 0 Å². The Labute approximate surface area is 186 Å². The summed E-state index contributed by atoms with van der Waals surface area (Å²) in [4.78, 5) is 11.0. The van der Waals surface area contributed by atoms with Gasteiger partial charge in [0.2, 0.25) is 0 Å². The third kappa shape index (κ3) is 4.55. The molecule has 0 unspecified atom stereocenters. The van der Waals surface area contributed by atoms with Crippen LogP contribution in [0.3, 0.4) is 0 Å². The van der Waals surface area contributed by atoms with E-state index in [9.17, 15) is 5.11 Å². The second kappa shape index (κ2) is 8.79. The molecule has 7 heteroatoms. The summed E-state index contributed by atoms with van der Waals surface area (Å²) >= 11 is 6.18. The van der Waals surface area contributed by atoms with Crippen molar-refractivity contribution in [2.45, 2.75) is 6.54 Å². The average Bonchev–Trinajstić information content (AvgIpc) is 2.76. The number of aromatic nitrogens is 2. The van der Waals surface area contributed by atoms with E-state index in [2.05, 4.69) is 32.3 Å². The number of rotatable bonds is 6. The van der Waals surface area contributed by atoms with Crippen molar-refractivity contribution in [3.63, 3.8) is 0 Å². The second-order valence-corrected chi connectivity index (χ2v) is 7.84. The molecule has 2 aromatic heterocycles. The van der Waals surface area contributed by atoms with Crippen molar-refractivity contribution >= 4 is 34.0 Å². The summed E-state index contributed by atoms with van der Waals surface area (Å²) in [6, 6.07) is 16.5. The fourth-order valence-corrected chi connectivity index (χ4v) is 3.57. The lowest BCUT2D eigenvalue weighted by atomic mass is 10.0. The van der Waals surface area contributed by atoms with Gasteiger partial charge in [0.15, 0.2) is 11.5 Å². The van der Waals surface area contributed by atoms with Crippen molar-refractivity contribution < 1.29 is 9.84 Å². The number of aromatic hydroxyl groups is 1. The molecule has 0 spiro atoms. The largest absolute Gasteiger partial charge is 0.503 e. The van der Waals surface area contributed by atoms with Crippen LogP contribution >= 0.6 is 11.6 Å². The Morgan fingerprint density at radius 3 is 2.65 bits per heavy atom. The summed E-state index contributed by atoms with van der Waals surface area (Å²) in [5, 5.41) is 14.5. The molecule has 6 nitrogen and oxygen atoms in total. The first-order valence-electron chi connectivity index (χ1n) is 9.68. The first-order valence-corrected chi connectivity index (χ1v) is 10.1. The molecule has 157 valence electrons. The molecule has 0 saturated carbocycles. The van der Waals surface area contributed by atoms with E-state index in [-0.39, 0.29) is 10.8 Å². The zero-order valence-corrected chi connectivity index (χ0v) is 18.2. The Morgan fingerprint density at radius 1 is 1.10 bits per heavy atom. The van der Waals surface area contributed by atoms with Crippen molar-refractivity contribution in [3.05, 3.63) is 71.5 Å². The van der Waals surface area contributed by atoms with E-state index in [4.69, 9.17) is 16.3 Å². The third-order valence-corrected chi connectivity index (χ3v) is 5.12. The van der Waals surface area contributed by atoms with E-state index in [0.717, 1.165) is 45.6 Å². The van der Waals surface area contributed by atoms with Crippen molar-refractivity contribution in [2.24, 2.45) is 0 Å². The Balaban J connectivity index is 1.70. The van der Waals surface area contributed by atoms with Crippen LogP contribution in [0.5, 0.6) is 11.5 Å². The molecule has 2 heterocycles. The van der Waals surface area contributed by atoms with Crippen LogP contribution in [0.25, 0.3) is 22.0 Å². The highest BCUT2D eigenvalue weighted by atomic mass is 35.5. The SMILES string of the molecule is COc1cc(-c2ccc3nc[c]c(Nc4ccc(CN(C)C)cn4)c3c2)cc(Cl)c1O. The van der Waals surface area contributed by atoms with Gasteiger partial charge in [-0.25, -0.2) is 4.98 Å². The van der Waals surface area contributed by atoms with E-state index >= 15 is 0 Å². The fourth-order valence-electron chi connectivity index (χ4n) is 3.36. The van der Waals surface area contributed by atoms with Crippen LogP contribution in [0.4, 0.5) is 11.5 Å². The molecule has 2 aromatic carbocycles. The van der Waals surface area contributed by atoms with Crippen molar-refractivity contribution in [3.8, 4) is 22.6 Å². The van der Waals surface area contributed by atoms with Gasteiger partial charge in [-0.15, -0.1) is 0 Å². The van der Waals surface area contributed by atoms with E-state index in [1.807, 2.05) is 44.6 Å². The van der Waals surface area contributed by atoms with Gasteiger partial charge in [0.1, 0.15) is 5.82 Å². The van der Waals surface area contributed by atoms with Gasteiger partial charge >= 0.3 is 0 Å². The Hall–Kier alpha value is -3.35. The van der Waals surface area contributed by atoms with E-state index in [1.165, 1.54) is 7.11 Å². The normalized spacial score (nSPS) is 11.1. The summed E-state index contributed by atoms with van der Waals surface area (Å²) in [6.07, 6.45) is 3.51. The van der Waals surface area contributed by atoms with Crippen LogP contribution in [0.15, 0.2) is 54.9 Å². The molecule has 31 heavy (non-hydrogen) atoms. The number of ether oxygens (including phenoxy) is 1. The molecule has 0 bridgehead atoms. The zero-order valence-electron chi connectivity index (χ0n) is 17.5. The second-order valence-electron chi connectivity index (χ2n) is 7.43. The Bertz CT molecular complexity index is 1230. The molecule has 4 rings (SSSR count). The number of anilines is 2. The smallest absolute Gasteiger partial charge is 0.176 e. The fraction of sp³-hybridized carbons (Fsp3) is 0.167. The first-order chi connectivity index (χ1) is 14.9. The monoisotopic (exact) mass is 433 g/mol. The number of methoxy groups -OCH3 is 1. The average molecular weight is 434 g/mol. The topological polar surface area (TPSA) is 70.5 Å². The maximum absolute atomic E-state index is 10.0. The minimum Gasteiger partial charge on any atom is -0.503 e. The van der Waals surface area contributed by atoms with Gasteiger partial charge in [-0.3, -0.25) is 4.98 Å². The molecule has 2 N–H and O–H groups in total. The number of hydrogen-bond acceptors (Lipinski definition) is 6. The van der Waals surface area contributed by atoms with Crippen LogP contribution < -0.4 is 10.1 Å². The predicted octanol–water partition coefficient (Wildman–Crippen LogP) is 5.27. The van der Waals surface area contributed by atoms with Gasteiger partial charge in [0, 0.05) is 30.4 Å². The number of phenols is 1. The number of phenolic OH excluding ortho intramolecular Hbond substituents is 1. The van der Waals surface area contributed by atoms with Gasteiger partial charge in [-0.2, -0.15) is 0 Å². The third-order valence-electron chi connectivity index (χ3n) is 4.84. The first kappa shape index (κ1) is 20.9. The number of halogens is 1. The van der Waals surface area contributed by atoms with Gasteiger partial charge in [0.05, 0.1) is 23.3 Å². The van der Waals surface area contributed by atoms with Crippen molar-refractivity contribution in [1.82, 2.24) is 14.9 Å². The summed E-state index contributed by atoms with van der Waals surface area (Å²) in [5.41, 5.74) is 4.47. The molecule has 0 amide bonds. The number of nitrogens with one attached hydrogen (secondary N) is 1. The highest BCUT2D eigenvalue weighted by Gasteiger charge is 2.12. The summed E-state index contributed by atoms with van der Waals surface area (Å²) in [7, 11) is 5.55. The molecule has 0 fully saturated rings. The van der Waals surface area contributed by atoms with Crippen molar-refractivity contribution in [1.29, 1.82) is 0 Å². The molecular formula is C24H22ClN4O2. The predicted molar refractivity (Wildman–Crippen MR) is 124 cm³/mol. The van der Waals surface area contributed by atoms with E-state index in [1.54, 1.807) is 18.3 Å². The molecule has 0 aliphatic rings. The maximum Gasteiger partial charge on any atom is 0.176 e. The summed E-state index contributed by atoms with van der Waals surface area (Å²) in [5.74, 6) is 0.974. The molecule has 4 aromatic rings. The molecule has 0 saturated heterocycles. The number of hydrogen-bond donors (Lipinski definition) is 2. The Kier molecular flexibility index (Phi) is 5.93. The van der Waals surface area contributed by atoms with Crippen LogP contribution in [-0.4, -0.2) is 41.2 Å². The minimum atomic E-state index is -0.0742. The maximum atomic E-state index is 10.0. The number of benzene rings is 2. The van der Waals surface area contributed by atoms with Crippen LogP contribution in [0.2, 0.25) is 5.02 Å². The molecule has 1 radical (unpaired) electrons. The zero-order chi connectivity index (χ0) is 22.0. The lowest BCUT2D eigenvalue weighted by molar-refractivity contribution is 0.374. The van der Waals surface area contributed by atoms with Gasteiger partial charge < -0.3 is 20.1 Å². The van der Waals surface area contributed by atoms with Crippen LogP contribution in [0, 0.1) is 6.07 Å². The summed E-state index contributed by atoms with van der Waals surface area (Å²) in [6.45, 7) is 0.833. The number of fused-ring (bicyclic) bond motifs is 1. The van der Waals surface area contributed by atoms with Gasteiger partial charge in [-0.05, 0) is 61.1 Å². The highest BCUT2D eigenvalue weighted by molar-refractivity contribution is 6.32. The summed E-state index contributed by atoms with van der Waals surface area (Å²) < 4.78 is 5.24. The standard InChI is InChI=1S/C24H22ClN4O2/c1-29(2)14-15-4-7-23(27-13-15)28-21-8-9-26-20-6-5-16(10-18(20)21)17-11-19(25)24(30)22(12-17)31-3/h4-7,9-13,30H,14H2,1-3H3,(H,26,27,28). The number of pyridine rings is 2. The van der Waals surface area contributed by atoms with E-state index < -0.39 is 0 Å². The molecule has 0 aliphatic heterocycles. The lowest BCUT2D eigenvalue weighted by Gasteiger charge is -2.13. The molecule has 0 aliphatic carbocycles.